The van der Waals surface area contributed by atoms with E-state index in [1.54, 1.807) is 24.6 Å². The van der Waals surface area contributed by atoms with Crippen LogP contribution in [0.5, 0.6) is 5.75 Å². The molecule has 5 aromatic rings. The van der Waals surface area contributed by atoms with E-state index in [0.29, 0.717) is 51.6 Å². The maximum Gasteiger partial charge on any atom is 0.332 e. The number of aromatic nitrogens is 6. The number of hydrogen-bond donors (Lipinski definition) is 0. The third-order valence-electron chi connectivity index (χ3n) is 6.43. The van der Waals surface area contributed by atoms with Gasteiger partial charge < -0.3 is 9.30 Å². The van der Waals surface area contributed by atoms with Crippen LogP contribution in [-0.4, -0.2) is 35.4 Å². The highest BCUT2D eigenvalue weighted by molar-refractivity contribution is 6.31. The summed E-state index contributed by atoms with van der Waals surface area (Å²) in [7, 11) is 3.27. The Morgan fingerprint density at radius 3 is 2.39 bits per heavy atom. The quantitative estimate of drug-likeness (QED) is 0.333. The van der Waals surface area contributed by atoms with Crippen LogP contribution in [0.3, 0.4) is 0 Å². The highest BCUT2D eigenvalue weighted by atomic mass is 35.5. The zero-order valence-corrected chi connectivity index (χ0v) is 21.4. The van der Waals surface area contributed by atoms with Gasteiger partial charge in [-0.2, -0.15) is 0 Å². The van der Waals surface area contributed by atoms with Crippen molar-refractivity contribution in [1.82, 2.24) is 28.3 Å². The first-order chi connectivity index (χ1) is 17.3. The van der Waals surface area contributed by atoms with Crippen molar-refractivity contribution in [3.8, 4) is 17.1 Å². The molecule has 3 aromatic heterocycles. The van der Waals surface area contributed by atoms with Gasteiger partial charge in [0.25, 0.3) is 5.56 Å². The minimum Gasteiger partial charge on any atom is -0.497 e. The molecule has 0 aliphatic rings. The molecule has 0 radical (unpaired) electrons. The summed E-state index contributed by atoms with van der Waals surface area (Å²) < 4.78 is 11.7. The molecule has 3 heterocycles. The fraction of sp³-hybridized carbons (Fsp3) is 0.308. The Morgan fingerprint density at radius 1 is 1.00 bits per heavy atom. The topological polar surface area (TPSA) is 88.3 Å². The number of nitrogens with zero attached hydrogens (tertiary/aromatic N) is 6. The van der Waals surface area contributed by atoms with Gasteiger partial charge in [0.15, 0.2) is 17.0 Å². The molecule has 0 unspecified atom stereocenters. The van der Waals surface area contributed by atoms with Crippen LogP contribution in [0.2, 0.25) is 5.02 Å². The number of hydrogen-bond acceptors (Lipinski definition) is 5. The number of halogens is 1. The summed E-state index contributed by atoms with van der Waals surface area (Å²) in [5.41, 5.74) is 1.52. The molecular formula is C26H27ClN6O3. The molecule has 0 atom stereocenters. The van der Waals surface area contributed by atoms with Crippen LogP contribution < -0.4 is 16.0 Å². The molecular weight excluding hydrogens is 480 g/mol. The van der Waals surface area contributed by atoms with Crippen molar-refractivity contribution in [1.29, 1.82) is 0 Å². The normalized spacial score (nSPS) is 11.7. The van der Waals surface area contributed by atoms with Crippen molar-refractivity contribution < 1.29 is 4.74 Å². The van der Waals surface area contributed by atoms with Crippen LogP contribution in [0.4, 0.5) is 0 Å². The van der Waals surface area contributed by atoms with Crippen molar-refractivity contribution in [2.75, 3.05) is 7.11 Å². The summed E-state index contributed by atoms with van der Waals surface area (Å²) in [5.74, 6) is 2.18. The lowest BCUT2D eigenvalue weighted by Crippen LogP contribution is -2.40. The van der Waals surface area contributed by atoms with E-state index in [-0.39, 0.29) is 12.1 Å². The molecule has 0 aliphatic carbocycles. The molecule has 186 valence electrons. The van der Waals surface area contributed by atoms with Gasteiger partial charge in [-0.3, -0.25) is 13.9 Å². The van der Waals surface area contributed by atoms with Gasteiger partial charge in [-0.05, 0) is 48.2 Å². The van der Waals surface area contributed by atoms with Gasteiger partial charge in [0, 0.05) is 24.2 Å². The SMILES string of the molecule is COc1ccc(-c2nnc3n(CCC(C)C)c4c(=O)n(Cc5ccccc5Cl)c(=O)n(C)c4n23)cc1. The Morgan fingerprint density at radius 2 is 1.72 bits per heavy atom. The lowest BCUT2D eigenvalue weighted by molar-refractivity contribution is 0.415. The van der Waals surface area contributed by atoms with Gasteiger partial charge >= 0.3 is 5.69 Å². The van der Waals surface area contributed by atoms with E-state index < -0.39 is 5.69 Å². The Bertz CT molecular complexity index is 1690. The maximum atomic E-state index is 13.9. The smallest absolute Gasteiger partial charge is 0.332 e. The third-order valence-corrected chi connectivity index (χ3v) is 6.80. The van der Waals surface area contributed by atoms with E-state index in [2.05, 4.69) is 24.0 Å². The fourth-order valence-corrected chi connectivity index (χ4v) is 4.64. The second kappa shape index (κ2) is 9.31. The number of imidazole rings is 1. The third kappa shape index (κ3) is 3.89. The van der Waals surface area contributed by atoms with Crippen LogP contribution in [0.25, 0.3) is 28.3 Å². The zero-order valence-electron chi connectivity index (χ0n) is 20.6. The van der Waals surface area contributed by atoms with Crippen LogP contribution in [0.15, 0.2) is 58.1 Å². The standard InChI is InChI=1S/C26H27ClN6O3/c1-16(2)13-14-31-21-23(33-22(28-29-25(31)33)17-9-11-19(36-4)12-10-17)30(3)26(35)32(24(21)34)15-18-7-5-6-8-20(18)27/h5-12,16H,13-15H2,1-4H3. The van der Waals surface area contributed by atoms with E-state index >= 15 is 0 Å². The van der Waals surface area contributed by atoms with E-state index in [1.165, 1.54) is 9.13 Å². The number of benzene rings is 2. The number of ether oxygens (including phenoxy) is 1. The molecule has 0 N–H and O–H groups in total. The summed E-state index contributed by atoms with van der Waals surface area (Å²) >= 11 is 6.35. The van der Waals surface area contributed by atoms with Crippen LogP contribution in [0, 0.1) is 5.92 Å². The second-order valence-electron chi connectivity index (χ2n) is 9.22. The van der Waals surface area contributed by atoms with E-state index in [0.717, 1.165) is 12.0 Å². The minimum absolute atomic E-state index is 0.0718. The van der Waals surface area contributed by atoms with Crippen LogP contribution in [0.1, 0.15) is 25.8 Å². The molecule has 0 spiro atoms. The summed E-state index contributed by atoms with van der Waals surface area (Å²) in [6, 6.07) is 14.6. The lowest BCUT2D eigenvalue weighted by atomic mass is 10.1. The average Bonchev–Trinajstić information content (AvgIpc) is 3.43. The van der Waals surface area contributed by atoms with Crippen LogP contribution in [-0.2, 0) is 20.1 Å². The highest BCUT2D eigenvalue weighted by Crippen LogP contribution is 2.26. The number of rotatable bonds is 7. The molecule has 0 amide bonds. The van der Waals surface area contributed by atoms with Gasteiger partial charge in [-0.25, -0.2) is 9.20 Å². The van der Waals surface area contributed by atoms with Crippen molar-refractivity contribution >= 4 is 28.5 Å². The highest BCUT2D eigenvalue weighted by Gasteiger charge is 2.25. The summed E-state index contributed by atoms with van der Waals surface area (Å²) in [4.78, 5) is 27.4. The number of fused-ring (bicyclic) bond motifs is 3. The van der Waals surface area contributed by atoms with Gasteiger partial charge in [-0.1, -0.05) is 43.6 Å². The molecule has 0 bridgehead atoms. The summed E-state index contributed by atoms with van der Waals surface area (Å²) in [6.45, 7) is 4.88. The first-order valence-electron chi connectivity index (χ1n) is 11.8. The Kier molecular flexibility index (Phi) is 6.17. The first kappa shape index (κ1) is 23.9. The molecule has 2 aromatic carbocycles. The zero-order chi connectivity index (χ0) is 25.6. The number of methoxy groups -OCH3 is 1. The molecule has 9 nitrogen and oxygen atoms in total. The Hall–Kier alpha value is -3.85. The molecule has 5 rings (SSSR count). The van der Waals surface area contributed by atoms with Gasteiger partial charge in [-0.15, -0.1) is 10.2 Å². The van der Waals surface area contributed by atoms with Crippen molar-refractivity contribution in [2.45, 2.75) is 33.4 Å². The summed E-state index contributed by atoms with van der Waals surface area (Å²) in [6.07, 6.45) is 0.830. The lowest BCUT2D eigenvalue weighted by Gasteiger charge is -2.12. The van der Waals surface area contributed by atoms with Crippen LogP contribution >= 0.6 is 11.6 Å². The first-order valence-corrected chi connectivity index (χ1v) is 12.1. The van der Waals surface area contributed by atoms with Crippen molar-refractivity contribution in [3.05, 3.63) is 80.0 Å². The van der Waals surface area contributed by atoms with Crippen molar-refractivity contribution in [3.63, 3.8) is 0 Å². The predicted molar refractivity (Wildman–Crippen MR) is 140 cm³/mol. The minimum atomic E-state index is -0.440. The van der Waals surface area contributed by atoms with Gasteiger partial charge in [0.05, 0.1) is 13.7 Å². The summed E-state index contributed by atoms with van der Waals surface area (Å²) in [5, 5.41) is 9.39. The molecule has 36 heavy (non-hydrogen) atoms. The Labute approximate surface area is 212 Å². The van der Waals surface area contributed by atoms with Gasteiger partial charge in [0.2, 0.25) is 5.78 Å². The largest absolute Gasteiger partial charge is 0.497 e. The average molecular weight is 507 g/mol. The number of aryl methyl sites for hydroxylation is 2. The van der Waals surface area contributed by atoms with Gasteiger partial charge in [0.1, 0.15) is 5.75 Å². The monoisotopic (exact) mass is 506 g/mol. The molecule has 0 aliphatic heterocycles. The molecule has 10 heteroatoms. The predicted octanol–water partition coefficient (Wildman–Crippen LogP) is 3.97. The molecule has 0 saturated carbocycles. The second-order valence-corrected chi connectivity index (χ2v) is 9.63. The fourth-order valence-electron chi connectivity index (χ4n) is 4.44. The molecule has 0 fully saturated rings. The van der Waals surface area contributed by atoms with E-state index in [1.807, 2.05) is 47.0 Å². The van der Waals surface area contributed by atoms with Crippen molar-refractivity contribution in [2.24, 2.45) is 13.0 Å². The Balaban J connectivity index is 1.81. The maximum absolute atomic E-state index is 13.9. The molecule has 0 saturated heterocycles. The van der Waals surface area contributed by atoms with E-state index in [4.69, 9.17) is 16.3 Å². The van der Waals surface area contributed by atoms with E-state index in [9.17, 15) is 9.59 Å².